The predicted octanol–water partition coefficient (Wildman–Crippen LogP) is 2.70. The number of aryl methyl sites for hydroxylation is 1. The minimum atomic E-state index is -0.466. The second kappa shape index (κ2) is 7.44. The third-order valence-corrected chi connectivity index (χ3v) is 2.90. The van der Waals surface area contributed by atoms with Gasteiger partial charge in [-0.2, -0.15) is 0 Å². The van der Waals surface area contributed by atoms with E-state index in [1.54, 1.807) is 6.92 Å². The standard InChI is InChI=1S/C14H22F2N2/c1-4-7-17-8-9-18(3)10-12-13(15)6-5-11(2)14(12)16/h5-6,17H,4,7-10H2,1-3H3. The molecule has 102 valence electrons. The van der Waals surface area contributed by atoms with Crippen LogP contribution < -0.4 is 5.32 Å². The van der Waals surface area contributed by atoms with Crippen LogP contribution in [0.15, 0.2) is 12.1 Å². The Morgan fingerprint density at radius 2 is 1.94 bits per heavy atom. The Bertz CT molecular complexity index is 380. The minimum Gasteiger partial charge on any atom is -0.315 e. The minimum absolute atomic E-state index is 0.160. The Morgan fingerprint density at radius 1 is 1.22 bits per heavy atom. The molecule has 1 rings (SSSR count). The van der Waals surface area contributed by atoms with E-state index in [1.165, 1.54) is 12.1 Å². The molecule has 0 aromatic heterocycles. The number of hydrogen-bond donors (Lipinski definition) is 1. The smallest absolute Gasteiger partial charge is 0.133 e. The van der Waals surface area contributed by atoms with Crippen LogP contribution in [0.1, 0.15) is 24.5 Å². The molecule has 0 heterocycles. The molecule has 0 aliphatic heterocycles. The highest BCUT2D eigenvalue weighted by Crippen LogP contribution is 2.17. The molecule has 0 saturated carbocycles. The number of likely N-dealkylation sites (N-methyl/N-ethyl adjacent to an activating group) is 1. The molecular weight excluding hydrogens is 234 g/mol. The predicted molar refractivity (Wildman–Crippen MR) is 70.6 cm³/mol. The molecule has 0 aliphatic carbocycles. The summed E-state index contributed by atoms with van der Waals surface area (Å²) in [6.45, 7) is 6.63. The van der Waals surface area contributed by atoms with Crippen LogP contribution >= 0.6 is 0 Å². The summed E-state index contributed by atoms with van der Waals surface area (Å²) in [5.41, 5.74) is 0.650. The number of rotatable bonds is 7. The van der Waals surface area contributed by atoms with Gasteiger partial charge in [-0.05, 0) is 38.6 Å². The van der Waals surface area contributed by atoms with Crippen molar-refractivity contribution >= 4 is 0 Å². The van der Waals surface area contributed by atoms with Crippen molar-refractivity contribution in [3.63, 3.8) is 0 Å². The second-order valence-corrected chi connectivity index (χ2v) is 4.64. The van der Waals surface area contributed by atoms with Crippen molar-refractivity contribution < 1.29 is 8.78 Å². The highest BCUT2D eigenvalue weighted by Gasteiger charge is 2.13. The molecular formula is C14H22F2N2. The maximum Gasteiger partial charge on any atom is 0.133 e. The Kier molecular flexibility index (Phi) is 6.22. The molecule has 1 aromatic carbocycles. The van der Waals surface area contributed by atoms with E-state index in [-0.39, 0.29) is 5.56 Å². The Hall–Kier alpha value is -1.00. The zero-order valence-corrected chi connectivity index (χ0v) is 11.4. The molecule has 1 N–H and O–H groups in total. The van der Waals surface area contributed by atoms with E-state index in [1.807, 2.05) is 11.9 Å². The first-order chi connectivity index (χ1) is 8.56. The topological polar surface area (TPSA) is 15.3 Å². The lowest BCUT2D eigenvalue weighted by atomic mass is 10.1. The Morgan fingerprint density at radius 3 is 2.61 bits per heavy atom. The Labute approximate surface area is 108 Å². The lowest BCUT2D eigenvalue weighted by Gasteiger charge is -2.18. The highest BCUT2D eigenvalue weighted by atomic mass is 19.1. The van der Waals surface area contributed by atoms with Crippen molar-refractivity contribution in [2.24, 2.45) is 0 Å². The fraction of sp³-hybridized carbons (Fsp3) is 0.571. The van der Waals surface area contributed by atoms with Gasteiger partial charge < -0.3 is 10.2 Å². The molecule has 1 aromatic rings. The molecule has 0 fully saturated rings. The van der Waals surface area contributed by atoms with Crippen molar-refractivity contribution in [1.82, 2.24) is 10.2 Å². The monoisotopic (exact) mass is 256 g/mol. The first kappa shape index (κ1) is 15.1. The van der Waals surface area contributed by atoms with Crippen molar-refractivity contribution in [3.05, 3.63) is 34.9 Å². The highest BCUT2D eigenvalue weighted by molar-refractivity contribution is 5.26. The van der Waals surface area contributed by atoms with Crippen LogP contribution in [0.5, 0.6) is 0 Å². The summed E-state index contributed by atoms with van der Waals surface area (Å²) < 4.78 is 27.3. The van der Waals surface area contributed by atoms with Gasteiger partial charge in [-0.1, -0.05) is 13.0 Å². The number of nitrogens with zero attached hydrogens (tertiary/aromatic N) is 1. The van der Waals surface area contributed by atoms with Gasteiger partial charge in [-0.3, -0.25) is 0 Å². The summed E-state index contributed by atoms with van der Waals surface area (Å²) in [6.07, 6.45) is 1.09. The van der Waals surface area contributed by atoms with E-state index in [0.29, 0.717) is 12.1 Å². The van der Waals surface area contributed by atoms with Crippen LogP contribution in [0.25, 0.3) is 0 Å². The lowest BCUT2D eigenvalue weighted by Crippen LogP contribution is -2.29. The van der Waals surface area contributed by atoms with Gasteiger partial charge in [0.25, 0.3) is 0 Å². The fourth-order valence-electron chi connectivity index (χ4n) is 1.78. The van der Waals surface area contributed by atoms with Crippen LogP contribution in [0.2, 0.25) is 0 Å². The molecule has 0 atom stereocenters. The zero-order valence-electron chi connectivity index (χ0n) is 11.4. The molecule has 0 unspecified atom stereocenters. The maximum absolute atomic E-state index is 13.8. The van der Waals surface area contributed by atoms with Crippen LogP contribution in [-0.4, -0.2) is 31.6 Å². The van der Waals surface area contributed by atoms with E-state index in [2.05, 4.69) is 12.2 Å². The number of benzene rings is 1. The third-order valence-electron chi connectivity index (χ3n) is 2.90. The second-order valence-electron chi connectivity index (χ2n) is 4.64. The van der Waals surface area contributed by atoms with Crippen LogP contribution in [0, 0.1) is 18.6 Å². The van der Waals surface area contributed by atoms with Gasteiger partial charge in [0.15, 0.2) is 0 Å². The first-order valence-electron chi connectivity index (χ1n) is 6.39. The molecule has 2 nitrogen and oxygen atoms in total. The van der Waals surface area contributed by atoms with E-state index >= 15 is 0 Å². The summed E-state index contributed by atoms with van der Waals surface area (Å²) in [5.74, 6) is -0.894. The largest absolute Gasteiger partial charge is 0.315 e. The van der Waals surface area contributed by atoms with Gasteiger partial charge in [0.05, 0.1) is 0 Å². The first-order valence-corrected chi connectivity index (χ1v) is 6.39. The van der Waals surface area contributed by atoms with Crippen LogP contribution in [0.3, 0.4) is 0 Å². The third kappa shape index (κ3) is 4.35. The molecule has 0 bridgehead atoms. The lowest BCUT2D eigenvalue weighted by molar-refractivity contribution is 0.312. The van der Waals surface area contributed by atoms with Gasteiger partial charge >= 0.3 is 0 Å². The van der Waals surface area contributed by atoms with Crippen LogP contribution in [-0.2, 0) is 6.54 Å². The van der Waals surface area contributed by atoms with Gasteiger partial charge in [-0.15, -0.1) is 0 Å². The van der Waals surface area contributed by atoms with Crippen LogP contribution in [0.4, 0.5) is 8.78 Å². The summed E-state index contributed by atoms with van der Waals surface area (Å²) in [4.78, 5) is 1.92. The van der Waals surface area contributed by atoms with E-state index in [9.17, 15) is 8.78 Å². The van der Waals surface area contributed by atoms with E-state index in [0.717, 1.165) is 26.1 Å². The van der Waals surface area contributed by atoms with Crippen molar-refractivity contribution in [2.45, 2.75) is 26.8 Å². The summed E-state index contributed by atoms with van der Waals surface area (Å²) in [5, 5.41) is 3.26. The van der Waals surface area contributed by atoms with Gasteiger partial charge in [0, 0.05) is 25.2 Å². The van der Waals surface area contributed by atoms with Crippen molar-refractivity contribution in [1.29, 1.82) is 0 Å². The molecule has 4 heteroatoms. The SMILES string of the molecule is CCCNCCN(C)Cc1c(F)ccc(C)c1F. The summed E-state index contributed by atoms with van der Waals surface area (Å²) in [6, 6.07) is 2.80. The summed E-state index contributed by atoms with van der Waals surface area (Å²) >= 11 is 0. The van der Waals surface area contributed by atoms with Gasteiger partial charge in [-0.25, -0.2) is 8.78 Å². The van der Waals surface area contributed by atoms with Gasteiger partial charge in [0.1, 0.15) is 11.6 Å². The Balaban J connectivity index is 2.54. The average molecular weight is 256 g/mol. The summed E-state index contributed by atoms with van der Waals surface area (Å²) in [7, 11) is 1.87. The quantitative estimate of drug-likeness (QED) is 0.755. The molecule has 18 heavy (non-hydrogen) atoms. The molecule has 0 spiro atoms. The van der Waals surface area contributed by atoms with E-state index < -0.39 is 11.6 Å². The molecule has 0 saturated heterocycles. The zero-order chi connectivity index (χ0) is 13.5. The molecule has 0 aliphatic rings. The number of hydrogen-bond acceptors (Lipinski definition) is 2. The fourth-order valence-corrected chi connectivity index (χ4v) is 1.78. The normalized spacial score (nSPS) is 11.2. The van der Waals surface area contributed by atoms with Crippen molar-refractivity contribution in [3.8, 4) is 0 Å². The van der Waals surface area contributed by atoms with Gasteiger partial charge in [0.2, 0.25) is 0 Å². The molecule has 0 radical (unpaired) electrons. The van der Waals surface area contributed by atoms with E-state index in [4.69, 9.17) is 0 Å². The average Bonchev–Trinajstić information content (AvgIpc) is 2.35. The van der Waals surface area contributed by atoms with Crippen molar-refractivity contribution in [2.75, 3.05) is 26.7 Å². The number of nitrogens with one attached hydrogen (secondary N) is 1. The number of halogens is 2. The maximum atomic E-state index is 13.8. The molecule has 0 amide bonds.